The number of carbonyl (C=O) groups is 2. The second kappa shape index (κ2) is 8.11. The number of amides is 2. The number of rotatable bonds is 4. The van der Waals surface area contributed by atoms with Gasteiger partial charge in [0.05, 0.1) is 0 Å². The molecule has 1 aliphatic heterocycles. The van der Waals surface area contributed by atoms with Gasteiger partial charge in [0.25, 0.3) is 5.91 Å². The van der Waals surface area contributed by atoms with Crippen LogP contribution in [0.3, 0.4) is 0 Å². The van der Waals surface area contributed by atoms with Crippen LogP contribution in [-0.2, 0) is 4.79 Å². The van der Waals surface area contributed by atoms with Crippen LogP contribution in [0.1, 0.15) is 47.5 Å². The van der Waals surface area contributed by atoms with Crippen LogP contribution < -0.4 is 16.0 Å². The molecule has 2 aromatic rings. The zero-order valence-electron chi connectivity index (χ0n) is 15.1. The van der Waals surface area contributed by atoms with Crippen LogP contribution in [-0.4, -0.2) is 24.4 Å². The topological polar surface area (TPSA) is 75.4 Å². The maximum atomic E-state index is 12.6. The predicted octanol–water partition coefficient (Wildman–Crippen LogP) is 3.69. The maximum absolute atomic E-state index is 12.6. The molecule has 5 nitrogen and oxygen atoms in total. The molecular formula is C21H24ClN3O2. The van der Waals surface area contributed by atoms with Gasteiger partial charge in [-0.05, 0) is 55.2 Å². The van der Waals surface area contributed by atoms with E-state index in [1.165, 1.54) is 5.56 Å². The van der Waals surface area contributed by atoms with Gasteiger partial charge in [-0.1, -0.05) is 18.2 Å². The molecule has 27 heavy (non-hydrogen) atoms. The van der Waals surface area contributed by atoms with E-state index >= 15 is 0 Å². The van der Waals surface area contributed by atoms with Crippen LogP contribution >= 0.6 is 12.4 Å². The Morgan fingerprint density at radius 2 is 1.85 bits per heavy atom. The Labute approximate surface area is 165 Å². The quantitative estimate of drug-likeness (QED) is 0.842. The number of benzene rings is 2. The van der Waals surface area contributed by atoms with Crippen molar-refractivity contribution < 1.29 is 9.59 Å². The fraction of sp³-hybridized carbons (Fsp3) is 0.333. The van der Waals surface area contributed by atoms with E-state index in [4.69, 9.17) is 5.73 Å². The van der Waals surface area contributed by atoms with Crippen LogP contribution in [0, 0.1) is 0 Å². The minimum absolute atomic E-state index is 0. The molecular weight excluding hydrogens is 362 g/mol. The number of nitrogens with zero attached hydrogens (tertiary/aromatic N) is 1. The first-order chi connectivity index (χ1) is 12.6. The molecule has 0 aromatic heterocycles. The lowest BCUT2D eigenvalue weighted by Gasteiger charge is -2.27. The van der Waals surface area contributed by atoms with Gasteiger partial charge >= 0.3 is 0 Å². The van der Waals surface area contributed by atoms with Crippen molar-refractivity contribution >= 4 is 35.6 Å². The summed E-state index contributed by atoms with van der Waals surface area (Å²) in [6.07, 6.45) is 3.55. The van der Waals surface area contributed by atoms with Crippen molar-refractivity contribution in [3.8, 4) is 0 Å². The third-order valence-corrected chi connectivity index (χ3v) is 5.18. The average Bonchev–Trinajstić information content (AvgIpc) is 3.39. The van der Waals surface area contributed by atoms with Gasteiger partial charge in [-0.3, -0.25) is 9.59 Å². The van der Waals surface area contributed by atoms with E-state index in [0.717, 1.165) is 30.6 Å². The number of nitrogens with one attached hydrogen (secondary N) is 1. The van der Waals surface area contributed by atoms with Gasteiger partial charge in [0.1, 0.15) is 0 Å². The van der Waals surface area contributed by atoms with E-state index < -0.39 is 0 Å². The SMILES string of the molecule is Cl.NC1CC1c1ccc(NC(=O)c2cccc(N3CCCCC3=O)c2)cc1. The van der Waals surface area contributed by atoms with E-state index in [-0.39, 0.29) is 30.3 Å². The van der Waals surface area contributed by atoms with E-state index in [1.807, 2.05) is 36.4 Å². The predicted molar refractivity (Wildman–Crippen MR) is 110 cm³/mol. The maximum Gasteiger partial charge on any atom is 0.255 e. The van der Waals surface area contributed by atoms with Crippen LogP contribution in [0.2, 0.25) is 0 Å². The largest absolute Gasteiger partial charge is 0.327 e. The molecule has 3 N–H and O–H groups in total. The van der Waals surface area contributed by atoms with Gasteiger partial charge in [-0.15, -0.1) is 12.4 Å². The Bertz CT molecular complexity index is 838. The second-order valence-electron chi connectivity index (χ2n) is 7.13. The van der Waals surface area contributed by atoms with Crippen LogP contribution in [0.15, 0.2) is 48.5 Å². The fourth-order valence-corrected chi connectivity index (χ4v) is 3.51. The summed E-state index contributed by atoms with van der Waals surface area (Å²) in [7, 11) is 0. The average molecular weight is 386 g/mol. The highest BCUT2D eigenvalue weighted by Gasteiger charge is 2.34. The van der Waals surface area contributed by atoms with E-state index in [1.54, 1.807) is 17.0 Å². The highest BCUT2D eigenvalue weighted by atomic mass is 35.5. The van der Waals surface area contributed by atoms with Crippen LogP contribution in [0.5, 0.6) is 0 Å². The third kappa shape index (κ3) is 4.31. The van der Waals surface area contributed by atoms with Crippen molar-refractivity contribution in [1.29, 1.82) is 0 Å². The lowest BCUT2D eigenvalue weighted by Crippen LogP contribution is -2.35. The van der Waals surface area contributed by atoms with Crippen molar-refractivity contribution in [3.63, 3.8) is 0 Å². The summed E-state index contributed by atoms with van der Waals surface area (Å²) in [5, 5.41) is 2.92. The number of piperidine rings is 1. The molecule has 2 aliphatic rings. The number of halogens is 1. The molecule has 6 heteroatoms. The number of nitrogens with two attached hydrogens (primary N) is 1. The molecule has 0 bridgehead atoms. The van der Waals surface area contributed by atoms with Crippen molar-refractivity contribution in [1.82, 2.24) is 0 Å². The summed E-state index contributed by atoms with van der Waals surface area (Å²) < 4.78 is 0. The summed E-state index contributed by atoms with van der Waals surface area (Å²) >= 11 is 0. The Morgan fingerprint density at radius 1 is 1.11 bits per heavy atom. The zero-order valence-corrected chi connectivity index (χ0v) is 15.9. The van der Waals surface area contributed by atoms with E-state index in [0.29, 0.717) is 24.4 Å². The molecule has 0 spiro atoms. The number of hydrogen-bond donors (Lipinski definition) is 2. The smallest absolute Gasteiger partial charge is 0.255 e. The standard InChI is InChI=1S/C21H23N3O2.ClH/c22-19-13-18(19)14-7-9-16(10-8-14)23-21(26)15-4-3-5-17(12-15)24-11-2-1-6-20(24)25;/h3-5,7-10,12,18-19H,1-2,6,11,13,22H2,(H,23,26);1H. The summed E-state index contributed by atoms with van der Waals surface area (Å²) in [5.74, 6) is 0.411. The molecule has 2 aromatic carbocycles. The summed E-state index contributed by atoms with van der Waals surface area (Å²) in [6.45, 7) is 0.717. The number of carbonyl (C=O) groups excluding carboxylic acids is 2. The molecule has 0 radical (unpaired) electrons. The molecule has 1 saturated carbocycles. The molecule has 1 heterocycles. The third-order valence-electron chi connectivity index (χ3n) is 5.18. The monoisotopic (exact) mass is 385 g/mol. The molecule has 1 saturated heterocycles. The molecule has 2 amide bonds. The highest BCUT2D eigenvalue weighted by Crippen LogP contribution is 2.39. The minimum atomic E-state index is -0.174. The minimum Gasteiger partial charge on any atom is -0.327 e. The molecule has 142 valence electrons. The number of hydrogen-bond acceptors (Lipinski definition) is 3. The highest BCUT2D eigenvalue weighted by molar-refractivity contribution is 6.05. The molecule has 2 unspecified atom stereocenters. The van der Waals surface area contributed by atoms with E-state index in [9.17, 15) is 9.59 Å². The number of anilines is 2. The molecule has 2 atom stereocenters. The first-order valence-electron chi connectivity index (χ1n) is 9.19. The van der Waals surface area contributed by atoms with Crippen molar-refractivity contribution in [2.45, 2.75) is 37.6 Å². The zero-order chi connectivity index (χ0) is 18.1. The van der Waals surface area contributed by atoms with Gasteiger partial charge < -0.3 is 16.0 Å². The van der Waals surface area contributed by atoms with Crippen molar-refractivity contribution in [2.24, 2.45) is 5.73 Å². The summed E-state index contributed by atoms with van der Waals surface area (Å²) in [4.78, 5) is 26.4. The Hall–Kier alpha value is -2.37. The molecule has 1 aliphatic carbocycles. The van der Waals surface area contributed by atoms with Gasteiger partial charge in [-0.2, -0.15) is 0 Å². The van der Waals surface area contributed by atoms with Crippen LogP contribution in [0.4, 0.5) is 11.4 Å². The lowest BCUT2D eigenvalue weighted by molar-refractivity contribution is -0.119. The van der Waals surface area contributed by atoms with Crippen molar-refractivity contribution in [2.75, 3.05) is 16.8 Å². The van der Waals surface area contributed by atoms with Gasteiger partial charge in [0.2, 0.25) is 5.91 Å². The molecule has 4 rings (SSSR count). The Morgan fingerprint density at radius 3 is 2.52 bits per heavy atom. The second-order valence-corrected chi connectivity index (χ2v) is 7.13. The van der Waals surface area contributed by atoms with E-state index in [2.05, 4.69) is 5.32 Å². The van der Waals surface area contributed by atoms with Crippen molar-refractivity contribution in [3.05, 3.63) is 59.7 Å². The van der Waals surface area contributed by atoms with Crippen LogP contribution in [0.25, 0.3) is 0 Å². The Balaban J connectivity index is 0.00000210. The van der Waals surface area contributed by atoms with Gasteiger partial charge in [0, 0.05) is 41.9 Å². The van der Waals surface area contributed by atoms with Gasteiger partial charge in [-0.25, -0.2) is 0 Å². The lowest BCUT2D eigenvalue weighted by atomic mass is 10.1. The first-order valence-corrected chi connectivity index (χ1v) is 9.19. The summed E-state index contributed by atoms with van der Waals surface area (Å²) in [5.41, 5.74) is 9.20. The molecule has 2 fully saturated rings. The Kier molecular flexibility index (Phi) is 5.82. The normalized spacial score (nSPS) is 21.4. The fourth-order valence-electron chi connectivity index (χ4n) is 3.51. The summed E-state index contributed by atoms with van der Waals surface area (Å²) in [6, 6.07) is 15.4. The first kappa shape index (κ1) is 19.4. The van der Waals surface area contributed by atoms with Gasteiger partial charge in [0.15, 0.2) is 0 Å².